The third-order valence-corrected chi connectivity index (χ3v) is 1.89. The average molecular weight is 158 g/mol. The van der Waals surface area contributed by atoms with Crippen molar-refractivity contribution in [1.82, 2.24) is 4.90 Å². The van der Waals surface area contributed by atoms with E-state index in [0.717, 1.165) is 6.42 Å². The molecule has 1 fully saturated rings. The average Bonchev–Trinajstić information content (AvgIpc) is 2.34. The number of nitrogens with two attached hydrogens (primary N) is 1. The van der Waals surface area contributed by atoms with Crippen LogP contribution in [0.2, 0.25) is 0 Å². The van der Waals surface area contributed by atoms with Gasteiger partial charge in [-0.1, -0.05) is 0 Å². The molecule has 1 amide bonds. The molecule has 0 radical (unpaired) electrons. The van der Waals surface area contributed by atoms with E-state index in [2.05, 4.69) is 0 Å². The van der Waals surface area contributed by atoms with E-state index in [1.807, 2.05) is 0 Å². The summed E-state index contributed by atoms with van der Waals surface area (Å²) in [6.45, 7) is 2.75. The van der Waals surface area contributed by atoms with Gasteiger partial charge in [-0.2, -0.15) is 0 Å². The smallest absolute Gasteiger partial charge is 0.251 e. The van der Waals surface area contributed by atoms with Gasteiger partial charge in [0.05, 0.1) is 0 Å². The highest BCUT2D eigenvalue weighted by Gasteiger charge is 2.25. The summed E-state index contributed by atoms with van der Waals surface area (Å²) in [6.07, 6.45) is -0.0429. The first-order valence-corrected chi connectivity index (χ1v) is 3.83. The van der Waals surface area contributed by atoms with Crippen LogP contribution in [-0.4, -0.2) is 41.1 Å². The van der Waals surface area contributed by atoms with Crippen LogP contribution in [0.25, 0.3) is 0 Å². The fourth-order valence-electron chi connectivity index (χ4n) is 1.25. The van der Waals surface area contributed by atoms with E-state index in [1.165, 1.54) is 6.92 Å². The molecule has 0 spiro atoms. The summed E-state index contributed by atoms with van der Waals surface area (Å²) in [5.74, 6) is -0.210. The minimum atomic E-state index is -0.889. The number of hydrogen-bond acceptors (Lipinski definition) is 3. The number of aliphatic hydroxyl groups is 1. The summed E-state index contributed by atoms with van der Waals surface area (Å²) in [5, 5.41) is 8.94. The second kappa shape index (κ2) is 3.19. The SMILES string of the molecule is C[C@H](O)C(=O)N1CC[C@@H](N)C1. The topological polar surface area (TPSA) is 66.6 Å². The second-order valence-electron chi connectivity index (χ2n) is 3.01. The molecule has 1 saturated heterocycles. The quantitative estimate of drug-likeness (QED) is 0.510. The van der Waals surface area contributed by atoms with Crippen LogP contribution in [0.5, 0.6) is 0 Å². The molecule has 3 N–H and O–H groups in total. The summed E-state index contributed by atoms with van der Waals surface area (Å²) in [7, 11) is 0. The van der Waals surface area contributed by atoms with Crippen LogP contribution in [-0.2, 0) is 4.79 Å². The third kappa shape index (κ3) is 1.91. The fourth-order valence-corrected chi connectivity index (χ4v) is 1.25. The molecule has 1 aliphatic heterocycles. The van der Waals surface area contributed by atoms with Crippen LogP contribution in [0.15, 0.2) is 0 Å². The second-order valence-corrected chi connectivity index (χ2v) is 3.01. The van der Waals surface area contributed by atoms with Crippen LogP contribution < -0.4 is 5.73 Å². The standard InChI is InChI=1S/C7H14N2O2/c1-5(10)7(11)9-3-2-6(8)4-9/h5-6,10H,2-4,8H2,1H3/t5-,6+/m0/s1. The maximum Gasteiger partial charge on any atom is 0.251 e. The van der Waals surface area contributed by atoms with Gasteiger partial charge in [-0.3, -0.25) is 4.79 Å². The molecule has 64 valence electrons. The Bertz CT molecular complexity index is 159. The maximum absolute atomic E-state index is 11.1. The predicted molar refractivity (Wildman–Crippen MR) is 40.9 cm³/mol. The van der Waals surface area contributed by atoms with Gasteiger partial charge in [0.1, 0.15) is 6.10 Å². The summed E-state index contributed by atoms with van der Waals surface area (Å²) >= 11 is 0. The maximum atomic E-state index is 11.1. The number of nitrogens with zero attached hydrogens (tertiary/aromatic N) is 1. The molecule has 0 aromatic heterocycles. The van der Waals surface area contributed by atoms with Crippen molar-refractivity contribution in [2.45, 2.75) is 25.5 Å². The lowest BCUT2D eigenvalue weighted by molar-refractivity contribution is -0.138. The Kier molecular flexibility index (Phi) is 2.46. The van der Waals surface area contributed by atoms with E-state index < -0.39 is 6.10 Å². The Hall–Kier alpha value is -0.610. The molecule has 0 bridgehead atoms. The molecule has 4 heteroatoms. The minimum absolute atomic E-state index is 0.0951. The van der Waals surface area contributed by atoms with Crippen LogP contribution in [0.1, 0.15) is 13.3 Å². The zero-order valence-corrected chi connectivity index (χ0v) is 6.66. The summed E-state index contributed by atoms with van der Waals surface area (Å²) in [4.78, 5) is 12.7. The molecule has 1 aliphatic rings. The number of likely N-dealkylation sites (tertiary alicyclic amines) is 1. The zero-order chi connectivity index (χ0) is 8.43. The molecule has 4 nitrogen and oxygen atoms in total. The molecular formula is C7H14N2O2. The van der Waals surface area contributed by atoms with Crippen molar-refractivity contribution in [3.05, 3.63) is 0 Å². The third-order valence-electron chi connectivity index (χ3n) is 1.89. The number of carbonyl (C=O) groups is 1. The molecule has 1 rings (SSSR count). The Morgan fingerprint density at radius 2 is 2.45 bits per heavy atom. The minimum Gasteiger partial charge on any atom is -0.384 e. The first kappa shape index (κ1) is 8.49. The molecule has 2 atom stereocenters. The van der Waals surface area contributed by atoms with Gasteiger partial charge < -0.3 is 15.7 Å². The van der Waals surface area contributed by atoms with E-state index in [-0.39, 0.29) is 11.9 Å². The van der Waals surface area contributed by atoms with Gasteiger partial charge in [-0.25, -0.2) is 0 Å². The van der Waals surface area contributed by atoms with E-state index in [4.69, 9.17) is 10.8 Å². The number of amides is 1. The first-order chi connectivity index (χ1) is 5.11. The van der Waals surface area contributed by atoms with Crippen LogP contribution >= 0.6 is 0 Å². The molecule has 0 aromatic carbocycles. The molecule has 1 heterocycles. The lowest BCUT2D eigenvalue weighted by atomic mass is 10.3. The first-order valence-electron chi connectivity index (χ1n) is 3.83. The summed E-state index contributed by atoms with van der Waals surface area (Å²) < 4.78 is 0. The highest BCUT2D eigenvalue weighted by Crippen LogP contribution is 2.07. The lowest BCUT2D eigenvalue weighted by Crippen LogP contribution is -2.37. The zero-order valence-electron chi connectivity index (χ0n) is 6.66. The Labute approximate surface area is 66.0 Å². The van der Waals surface area contributed by atoms with Crippen molar-refractivity contribution in [2.75, 3.05) is 13.1 Å². The number of carbonyl (C=O) groups excluding carboxylic acids is 1. The van der Waals surface area contributed by atoms with E-state index in [0.29, 0.717) is 13.1 Å². The summed E-state index contributed by atoms with van der Waals surface area (Å²) in [5.41, 5.74) is 5.59. The molecule has 11 heavy (non-hydrogen) atoms. The van der Waals surface area contributed by atoms with Gasteiger partial charge in [-0.15, -0.1) is 0 Å². The van der Waals surface area contributed by atoms with Crippen molar-refractivity contribution in [3.8, 4) is 0 Å². The van der Waals surface area contributed by atoms with E-state index >= 15 is 0 Å². The Morgan fingerprint density at radius 1 is 1.82 bits per heavy atom. The van der Waals surface area contributed by atoms with Crippen LogP contribution in [0, 0.1) is 0 Å². The van der Waals surface area contributed by atoms with Crippen molar-refractivity contribution < 1.29 is 9.90 Å². The monoisotopic (exact) mass is 158 g/mol. The van der Waals surface area contributed by atoms with Crippen LogP contribution in [0.3, 0.4) is 0 Å². The highest BCUT2D eigenvalue weighted by atomic mass is 16.3. The number of hydrogen-bond donors (Lipinski definition) is 2. The van der Waals surface area contributed by atoms with Gasteiger partial charge in [-0.05, 0) is 13.3 Å². The van der Waals surface area contributed by atoms with Crippen molar-refractivity contribution in [1.29, 1.82) is 0 Å². The number of aliphatic hydroxyl groups excluding tert-OH is 1. The van der Waals surface area contributed by atoms with Crippen LogP contribution in [0.4, 0.5) is 0 Å². The fraction of sp³-hybridized carbons (Fsp3) is 0.857. The van der Waals surface area contributed by atoms with Crippen molar-refractivity contribution in [3.63, 3.8) is 0 Å². The molecule has 0 aromatic rings. The largest absolute Gasteiger partial charge is 0.384 e. The molecule has 0 unspecified atom stereocenters. The Morgan fingerprint density at radius 3 is 2.82 bits per heavy atom. The lowest BCUT2D eigenvalue weighted by Gasteiger charge is -2.16. The molecule has 0 saturated carbocycles. The van der Waals surface area contributed by atoms with Gasteiger partial charge in [0.2, 0.25) is 0 Å². The normalized spacial score (nSPS) is 27.2. The van der Waals surface area contributed by atoms with E-state index in [1.54, 1.807) is 4.90 Å². The van der Waals surface area contributed by atoms with Gasteiger partial charge in [0.25, 0.3) is 5.91 Å². The molecule has 0 aliphatic carbocycles. The number of rotatable bonds is 1. The highest BCUT2D eigenvalue weighted by molar-refractivity contribution is 5.80. The van der Waals surface area contributed by atoms with Gasteiger partial charge >= 0.3 is 0 Å². The predicted octanol–water partition coefficient (Wildman–Crippen LogP) is -1.07. The van der Waals surface area contributed by atoms with Gasteiger partial charge in [0.15, 0.2) is 0 Å². The molecular weight excluding hydrogens is 144 g/mol. The summed E-state index contributed by atoms with van der Waals surface area (Å²) in [6, 6.07) is 0.0951. The van der Waals surface area contributed by atoms with Crippen molar-refractivity contribution >= 4 is 5.91 Å². The van der Waals surface area contributed by atoms with Gasteiger partial charge in [0, 0.05) is 19.1 Å². The Balaban J connectivity index is 2.43. The van der Waals surface area contributed by atoms with Crippen molar-refractivity contribution in [2.24, 2.45) is 5.73 Å². The van der Waals surface area contributed by atoms with E-state index in [9.17, 15) is 4.79 Å².